The molecule has 128 valence electrons. The number of sulfonamides is 1. The third-order valence-corrected chi connectivity index (χ3v) is 5.20. The molecule has 1 aliphatic rings. The number of carbonyl (C=O) groups excluding carboxylic acids is 1. The summed E-state index contributed by atoms with van der Waals surface area (Å²) in [5.74, 6) is -0.235. The summed E-state index contributed by atoms with van der Waals surface area (Å²) in [5, 5.41) is 3.14. The first-order valence-corrected chi connectivity index (χ1v) is 9.72. The van der Waals surface area contributed by atoms with Crippen LogP contribution in [0.2, 0.25) is 10.0 Å². The van der Waals surface area contributed by atoms with Crippen LogP contribution in [0.3, 0.4) is 0 Å². The molecule has 0 aliphatic carbocycles. The van der Waals surface area contributed by atoms with Crippen LogP contribution in [0.4, 0.5) is 5.69 Å². The van der Waals surface area contributed by atoms with Gasteiger partial charge >= 0.3 is 0 Å². The number of anilines is 1. The van der Waals surface area contributed by atoms with Gasteiger partial charge in [0.25, 0.3) is 0 Å². The van der Waals surface area contributed by atoms with Gasteiger partial charge in [-0.3, -0.25) is 9.10 Å². The molecule has 1 heterocycles. The Morgan fingerprint density at radius 3 is 2.57 bits per heavy atom. The van der Waals surface area contributed by atoms with Gasteiger partial charge in [-0.15, -0.1) is 0 Å². The van der Waals surface area contributed by atoms with E-state index < -0.39 is 16.1 Å². The van der Waals surface area contributed by atoms with Crippen LogP contribution in [-0.4, -0.2) is 46.4 Å². The highest BCUT2D eigenvalue weighted by atomic mass is 35.5. The maximum absolute atomic E-state index is 12.0. The van der Waals surface area contributed by atoms with Crippen molar-refractivity contribution in [3.8, 4) is 0 Å². The van der Waals surface area contributed by atoms with Gasteiger partial charge in [0.15, 0.2) is 0 Å². The standard InChI is InChI=1S/C14H18Cl2N2O4S/c1-23(20,21)18(13-10(15)4-2-5-11(13)16)8-7-17-14(19)12-6-3-9-22-12/h2,4-5,12H,3,6-9H2,1H3,(H,17,19). The number of ether oxygens (including phenoxy) is 1. The van der Waals surface area contributed by atoms with Crippen LogP contribution in [0.5, 0.6) is 0 Å². The summed E-state index contributed by atoms with van der Waals surface area (Å²) >= 11 is 12.2. The molecule has 0 bridgehead atoms. The van der Waals surface area contributed by atoms with Crippen LogP contribution in [-0.2, 0) is 19.6 Å². The minimum atomic E-state index is -3.60. The van der Waals surface area contributed by atoms with Crippen molar-refractivity contribution < 1.29 is 17.9 Å². The number of para-hydroxylation sites is 1. The van der Waals surface area contributed by atoms with Gasteiger partial charge in [0.2, 0.25) is 15.9 Å². The van der Waals surface area contributed by atoms with E-state index in [2.05, 4.69) is 5.32 Å². The Bertz CT molecular complexity index is 655. The van der Waals surface area contributed by atoms with Crippen molar-refractivity contribution in [2.75, 3.05) is 30.3 Å². The second-order valence-corrected chi connectivity index (χ2v) is 7.92. The van der Waals surface area contributed by atoms with Crippen molar-refractivity contribution in [3.05, 3.63) is 28.2 Å². The number of benzene rings is 1. The van der Waals surface area contributed by atoms with Crippen LogP contribution >= 0.6 is 23.2 Å². The van der Waals surface area contributed by atoms with Gasteiger partial charge in [-0.25, -0.2) is 8.42 Å². The van der Waals surface area contributed by atoms with E-state index in [0.717, 1.165) is 17.0 Å². The topological polar surface area (TPSA) is 75.7 Å². The van der Waals surface area contributed by atoms with Crippen LogP contribution in [0.25, 0.3) is 0 Å². The number of hydrogen-bond donors (Lipinski definition) is 1. The van der Waals surface area contributed by atoms with E-state index in [4.69, 9.17) is 27.9 Å². The van der Waals surface area contributed by atoms with Crippen LogP contribution in [0.1, 0.15) is 12.8 Å². The first kappa shape index (κ1) is 18.3. The van der Waals surface area contributed by atoms with Crippen molar-refractivity contribution >= 4 is 44.8 Å². The van der Waals surface area contributed by atoms with Crippen LogP contribution in [0.15, 0.2) is 18.2 Å². The molecule has 0 radical (unpaired) electrons. The average molecular weight is 381 g/mol. The molecule has 6 nitrogen and oxygen atoms in total. The highest BCUT2D eigenvalue weighted by molar-refractivity contribution is 7.92. The Kier molecular flexibility index (Phi) is 6.13. The Balaban J connectivity index is 2.07. The van der Waals surface area contributed by atoms with E-state index in [1.54, 1.807) is 18.2 Å². The first-order chi connectivity index (χ1) is 10.8. The second kappa shape index (κ2) is 7.70. The zero-order chi connectivity index (χ0) is 17.0. The first-order valence-electron chi connectivity index (χ1n) is 7.11. The Labute approximate surface area is 145 Å². The lowest BCUT2D eigenvalue weighted by Crippen LogP contribution is -2.41. The fourth-order valence-electron chi connectivity index (χ4n) is 2.35. The van der Waals surface area contributed by atoms with Crippen molar-refractivity contribution in [1.29, 1.82) is 0 Å². The molecular formula is C14H18Cl2N2O4S. The maximum atomic E-state index is 12.0. The highest BCUT2D eigenvalue weighted by Gasteiger charge is 2.25. The fraction of sp³-hybridized carbons (Fsp3) is 0.500. The molecule has 0 aromatic heterocycles. The summed E-state index contributed by atoms with van der Waals surface area (Å²) in [5.41, 5.74) is 0.213. The summed E-state index contributed by atoms with van der Waals surface area (Å²) in [6.45, 7) is 0.733. The van der Waals surface area contributed by atoms with Crippen molar-refractivity contribution in [3.63, 3.8) is 0 Å². The second-order valence-electron chi connectivity index (χ2n) is 5.20. The van der Waals surface area contributed by atoms with Crippen LogP contribution in [0, 0.1) is 0 Å². The molecule has 1 atom stereocenters. The Hall–Kier alpha value is -1.02. The lowest BCUT2D eigenvalue weighted by Gasteiger charge is -2.24. The largest absolute Gasteiger partial charge is 0.368 e. The number of nitrogens with one attached hydrogen (secondary N) is 1. The molecular weight excluding hydrogens is 363 g/mol. The van der Waals surface area contributed by atoms with Gasteiger partial charge in [0.05, 0.1) is 28.5 Å². The molecule has 1 N–H and O–H groups in total. The van der Waals surface area contributed by atoms with Crippen molar-refractivity contribution in [2.45, 2.75) is 18.9 Å². The quantitative estimate of drug-likeness (QED) is 0.819. The van der Waals surface area contributed by atoms with E-state index in [0.29, 0.717) is 13.0 Å². The third-order valence-electron chi connectivity index (χ3n) is 3.42. The monoisotopic (exact) mass is 380 g/mol. The van der Waals surface area contributed by atoms with Gasteiger partial charge in [-0.05, 0) is 25.0 Å². The van der Waals surface area contributed by atoms with E-state index in [1.165, 1.54) is 0 Å². The molecule has 1 saturated heterocycles. The molecule has 1 aromatic carbocycles. The van der Waals surface area contributed by atoms with Gasteiger partial charge in [-0.2, -0.15) is 0 Å². The van der Waals surface area contributed by atoms with E-state index in [9.17, 15) is 13.2 Å². The van der Waals surface area contributed by atoms with Crippen LogP contribution < -0.4 is 9.62 Å². The third kappa shape index (κ3) is 4.73. The van der Waals surface area contributed by atoms with E-state index >= 15 is 0 Å². The molecule has 1 aromatic rings. The molecule has 9 heteroatoms. The fourth-order valence-corrected chi connectivity index (χ4v) is 4.00. The van der Waals surface area contributed by atoms with E-state index in [1.807, 2.05) is 0 Å². The lowest BCUT2D eigenvalue weighted by molar-refractivity contribution is -0.129. The zero-order valence-electron chi connectivity index (χ0n) is 12.6. The summed E-state index contributed by atoms with van der Waals surface area (Å²) in [6, 6.07) is 4.76. The normalized spacial score (nSPS) is 18.0. The predicted molar refractivity (Wildman–Crippen MR) is 90.6 cm³/mol. The highest BCUT2D eigenvalue weighted by Crippen LogP contribution is 2.34. The van der Waals surface area contributed by atoms with Crippen molar-refractivity contribution in [1.82, 2.24) is 5.32 Å². The summed E-state index contributed by atoms with van der Waals surface area (Å²) in [7, 11) is -3.60. The molecule has 1 unspecified atom stereocenters. The molecule has 1 fully saturated rings. The Morgan fingerprint density at radius 2 is 2.04 bits per heavy atom. The molecule has 23 heavy (non-hydrogen) atoms. The number of rotatable bonds is 6. The van der Waals surface area contributed by atoms with E-state index in [-0.39, 0.29) is 34.7 Å². The SMILES string of the molecule is CS(=O)(=O)N(CCNC(=O)C1CCCO1)c1c(Cl)cccc1Cl. The van der Waals surface area contributed by atoms with Crippen molar-refractivity contribution in [2.24, 2.45) is 0 Å². The molecule has 0 spiro atoms. The summed E-state index contributed by atoms with van der Waals surface area (Å²) in [6.07, 6.45) is 2.14. The number of halogens is 2. The number of nitrogens with zero attached hydrogens (tertiary/aromatic N) is 1. The lowest BCUT2D eigenvalue weighted by atomic mass is 10.2. The zero-order valence-corrected chi connectivity index (χ0v) is 14.9. The van der Waals surface area contributed by atoms with Gasteiger partial charge < -0.3 is 10.1 Å². The minimum absolute atomic E-state index is 0.0285. The van der Waals surface area contributed by atoms with Gasteiger partial charge in [0.1, 0.15) is 6.10 Å². The number of hydrogen-bond acceptors (Lipinski definition) is 4. The average Bonchev–Trinajstić information content (AvgIpc) is 2.98. The van der Waals surface area contributed by atoms with Gasteiger partial charge in [0, 0.05) is 13.2 Å². The molecule has 2 rings (SSSR count). The Morgan fingerprint density at radius 1 is 1.39 bits per heavy atom. The molecule has 0 saturated carbocycles. The predicted octanol–water partition coefficient (Wildman–Crippen LogP) is 2.05. The minimum Gasteiger partial charge on any atom is -0.368 e. The van der Waals surface area contributed by atoms with Gasteiger partial charge in [-0.1, -0.05) is 29.3 Å². The molecule has 1 amide bonds. The molecule has 1 aliphatic heterocycles. The summed E-state index contributed by atoms with van der Waals surface area (Å²) in [4.78, 5) is 11.9. The maximum Gasteiger partial charge on any atom is 0.249 e. The number of amides is 1. The summed E-state index contributed by atoms with van der Waals surface area (Å²) < 4.78 is 30.4. The number of carbonyl (C=O) groups is 1. The smallest absolute Gasteiger partial charge is 0.249 e.